The van der Waals surface area contributed by atoms with Crippen molar-refractivity contribution in [2.24, 2.45) is 0 Å². The lowest BCUT2D eigenvalue weighted by molar-refractivity contribution is 0.327. The summed E-state index contributed by atoms with van der Waals surface area (Å²) < 4.78 is 44.5. The van der Waals surface area contributed by atoms with Crippen LogP contribution in [0.15, 0.2) is 61.2 Å². The Labute approximate surface area is 225 Å². The van der Waals surface area contributed by atoms with E-state index in [0.29, 0.717) is 52.5 Å². The first-order chi connectivity index (χ1) is 19.0. The maximum Gasteiger partial charge on any atom is 0.213 e. The number of pyridine rings is 1. The number of hydrogen-bond donors (Lipinski definition) is 1. The van der Waals surface area contributed by atoms with Gasteiger partial charge in [0.15, 0.2) is 17.1 Å². The quantitative estimate of drug-likeness (QED) is 0.256. The number of methoxy groups -OCH3 is 2. The average Bonchev–Trinajstić information content (AvgIpc) is 3.34. The van der Waals surface area contributed by atoms with E-state index >= 15 is 0 Å². The van der Waals surface area contributed by atoms with Gasteiger partial charge in [0.05, 0.1) is 44.6 Å². The Morgan fingerprint density at radius 3 is 2.41 bits per heavy atom. The number of rotatable bonds is 10. The van der Waals surface area contributed by atoms with Crippen molar-refractivity contribution in [1.29, 1.82) is 0 Å². The molecule has 4 aromatic heterocycles. The van der Waals surface area contributed by atoms with E-state index in [1.54, 1.807) is 55.2 Å². The fraction of sp³-hybridized carbons (Fsp3) is 0.200. The fourth-order valence-corrected chi connectivity index (χ4v) is 4.47. The summed E-state index contributed by atoms with van der Waals surface area (Å²) in [4.78, 5) is 27.0. The minimum Gasteiger partial charge on any atom is -0.760 e. The van der Waals surface area contributed by atoms with E-state index < -0.39 is 17.3 Å². The highest BCUT2D eigenvalue weighted by molar-refractivity contribution is 7.77. The molecular weight excluding hydrogens is 524 g/mol. The Morgan fingerprint density at radius 1 is 0.974 bits per heavy atom. The molecule has 0 radical (unpaired) electrons. The van der Waals surface area contributed by atoms with Gasteiger partial charge in [-0.2, -0.15) is 0 Å². The number of para-hydroxylation sites is 1. The van der Waals surface area contributed by atoms with Crippen LogP contribution < -0.4 is 18.9 Å². The van der Waals surface area contributed by atoms with Gasteiger partial charge in [-0.3, -0.25) is 18.7 Å². The predicted molar refractivity (Wildman–Crippen MR) is 140 cm³/mol. The van der Waals surface area contributed by atoms with E-state index in [-0.39, 0.29) is 11.3 Å². The maximum atomic E-state index is 11.7. The number of hydrogen-bond acceptors (Lipinski definition) is 11. The zero-order valence-electron chi connectivity index (χ0n) is 21.1. The Balaban J connectivity index is 1.81. The van der Waals surface area contributed by atoms with Crippen LogP contribution in [-0.4, -0.2) is 64.1 Å². The van der Waals surface area contributed by atoms with Gasteiger partial charge in [-0.1, -0.05) is 12.1 Å². The molecule has 5 rings (SSSR count). The van der Waals surface area contributed by atoms with Gasteiger partial charge in [0, 0.05) is 29.7 Å². The molecule has 1 aromatic carbocycles. The summed E-state index contributed by atoms with van der Waals surface area (Å²) in [6.07, 6.45) is 5.84. The molecule has 5 aromatic rings. The fourth-order valence-electron chi connectivity index (χ4n) is 4.04. The third kappa shape index (κ3) is 5.25. The minimum atomic E-state index is -2.63. The molecule has 1 N–H and O–H groups in total. The molecule has 0 saturated heterocycles. The Kier molecular flexibility index (Phi) is 7.67. The van der Waals surface area contributed by atoms with Crippen LogP contribution in [-0.2, 0) is 11.3 Å². The van der Waals surface area contributed by atoms with Crippen molar-refractivity contribution >= 4 is 22.6 Å². The molecule has 0 aliphatic heterocycles. The van der Waals surface area contributed by atoms with Crippen molar-refractivity contribution in [2.45, 2.75) is 13.0 Å². The number of ether oxygens (including phenoxy) is 3. The lowest BCUT2D eigenvalue weighted by atomic mass is 10.1. The van der Waals surface area contributed by atoms with Gasteiger partial charge in [-0.25, -0.2) is 24.7 Å². The number of nitrogens with zero attached hydrogens (tertiary/aromatic N) is 7. The molecule has 13 nitrogen and oxygen atoms in total. The number of fused-ring (bicyclic) bond motifs is 1. The third-order valence-electron chi connectivity index (χ3n) is 5.65. The van der Waals surface area contributed by atoms with Crippen molar-refractivity contribution in [3.63, 3.8) is 0 Å². The second kappa shape index (κ2) is 11.5. The first kappa shape index (κ1) is 26.1. The van der Waals surface area contributed by atoms with Crippen LogP contribution in [0.5, 0.6) is 17.4 Å². The zero-order valence-corrected chi connectivity index (χ0v) is 22.0. The summed E-state index contributed by atoms with van der Waals surface area (Å²) in [6.45, 7) is 2.31. The summed E-state index contributed by atoms with van der Waals surface area (Å²) in [5, 5.41) is 0. The summed E-state index contributed by atoms with van der Waals surface area (Å²) >= 11 is -2.63. The first-order valence-electron chi connectivity index (χ1n) is 11.7. The molecule has 0 fully saturated rings. The largest absolute Gasteiger partial charge is 0.760 e. The Bertz CT molecular complexity index is 1610. The molecule has 2 unspecified atom stereocenters. The molecule has 2 atom stereocenters. The zero-order chi connectivity index (χ0) is 27.4. The standard InChI is InChI=1S/C25H24N8O5S/c1-4-38-20-10-5-7-15(29-20)24-31-23-25(33(24)22-18(36-2)8-6-9-19(22)37-3)30-17(14-28-23)21(32-39(34)35)16-13-26-11-12-27-16/h5-14,21,32H,4H2,1-3H3,(H,34,35)/p-1. The smallest absolute Gasteiger partial charge is 0.213 e. The molecule has 39 heavy (non-hydrogen) atoms. The van der Waals surface area contributed by atoms with Crippen molar-refractivity contribution in [2.75, 3.05) is 20.8 Å². The van der Waals surface area contributed by atoms with Crippen molar-refractivity contribution in [3.05, 3.63) is 72.6 Å². The Hall–Kier alpha value is -4.53. The summed E-state index contributed by atoms with van der Waals surface area (Å²) in [6, 6.07) is 9.73. The van der Waals surface area contributed by atoms with Gasteiger partial charge in [0.1, 0.15) is 28.9 Å². The average molecular weight is 548 g/mol. The van der Waals surface area contributed by atoms with Gasteiger partial charge < -0.3 is 18.8 Å². The third-order valence-corrected chi connectivity index (χ3v) is 6.08. The highest BCUT2D eigenvalue weighted by Gasteiger charge is 2.26. The normalized spacial score (nSPS) is 12.7. The predicted octanol–water partition coefficient (Wildman–Crippen LogP) is 2.56. The second-order valence-corrected chi connectivity index (χ2v) is 8.64. The van der Waals surface area contributed by atoms with Crippen LogP contribution in [0.2, 0.25) is 0 Å². The minimum absolute atomic E-state index is 0.268. The van der Waals surface area contributed by atoms with Crippen LogP contribution in [0.25, 0.3) is 28.5 Å². The van der Waals surface area contributed by atoms with E-state index in [9.17, 15) is 8.76 Å². The SMILES string of the molecule is CCOc1cccc(-c2nc3ncc(C(NS(=O)[O-])c4cnccn4)nc3n2-c2c(OC)cccc2OC)n1. The monoisotopic (exact) mass is 547 g/mol. The van der Waals surface area contributed by atoms with Gasteiger partial charge >= 0.3 is 0 Å². The van der Waals surface area contributed by atoms with Crippen molar-refractivity contribution in [1.82, 2.24) is 39.2 Å². The molecule has 0 aliphatic carbocycles. The molecule has 0 bridgehead atoms. The highest BCUT2D eigenvalue weighted by atomic mass is 32.2. The number of imidazole rings is 1. The van der Waals surface area contributed by atoms with E-state index in [0.717, 1.165) is 0 Å². The summed E-state index contributed by atoms with van der Waals surface area (Å²) in [5.41, 5.74) is 2.19. The van der Waals surface area contributed by atoms with Crippen LogP contribution >= 0.6 is 0 Å². The molecule has 0 saturated carbocycles. The van der Waals surface area contributed by atoms with Crippen LogP contribution in [0, 0.1) is 0 Å². The molecule has 4 heterocycles. The number of benzene rings is 1. The van der Waals surface area contributed by atoms with Gasteiger partial charge in [-0.05, 0) is 25.1 Å². The number of nitrogens with one attached hydrogen (secondary N) is 1. The molecule has 0 aliphatic rings. The van der Waals surface area contributed by atoms with E-state index in [1.165, 1.54) is 24.8 Å². The summed E-state index contributed by atoms with van der Waals surface area (Å²) in [7, 11) is 3.08. The van der Waals surface area contributed by atoms with Gasteiger partial charge in [-0.15, -0.1) is 0 Å². The van der Waals surface area contributed by atoms with Crippen LogP contribution in [0.3, 0.4) is 0 Å². The lowest BCUT2D eigenvalue weighted by Crippen LogP contribution is -2.26. The van der Waals surface area contributed by atoms with Crippen LogP contribution in [0.1, 0.15) is 24.4 Å². The maximum absolute atomic E-state index is 11.7. The van der Waals surface area contributed by atoms with Crippen molar-refractivity contribution in [3.8, 4) is 34.6 Å². The molecule has 0 amide bonds. The van der Waals surface area contributed by atoms with E-state index in [4.69, 9.17) is 24.2 Å². The molecule has 200 valence electrons. The molecule has 0 spiro atoms. The van der Waals surface area contributed by atoms with E-state index in [1.807, 2.05) is 6.92 Å². The van der Waals surface area contributed by atoms with Crippen molar-refractivity contribution < 1.29 is 23.0 Å². The molecular formula is C25H23N8O5S-. The topological polar surface area (TPSA) is 162 Å². The van der Waals surface area contributed by atoms with Crippen LogP contribution in [0.4, 0.5) is 0 Å². The Morgan fingerprint density at radius 2 is 1.74 bits per heavy atom. The van der Waals surface area contributed by atoms with Gasteiger partial charge in [0.2, 0.25) is 5.88 Å². The second-order valence-electron chi connectivity index (χ2n) is 7.93. The highest BCUT2D eigenvalue weighted by Crippen LogP contribution is 2.38. The van der Waals surface area contributed by atoms with Gasteiger partial charge in [0.25, 0.3) is 0 Å². The summed E-state index contributed by atoms with van der Waals surface area (Å²) in [5.74, 6) is 1.77. The lowest BCUT2D eigenvalue weighted by Gasteiger charge is -2.19. The first-order valence-corrected chi connectivity index (χ1v) is 12.8. The van der Waals surface area contributed by atoms with E-state index in [2.05, 4.69) is 24.7 Å². The number of aromatic nitrogens is 7. The molecule has 14 heteroatoms.